The number of fused-ring (bicyclic) bond motifs is 1. The van der Waals surface area contributed by atoms with E-state index < -0.39 is 6.04 Å². The zero-order valence-corrected chi connectivity index (χ0v) is 25.8. The number of aromatic nitrogens is 5. The van der Waals surface area contributed by atoms with Crippen LogP contribution in [-0.4, -0.2) is 75.0 Å². The summed E-state index contributed by atoms with van der Waals surface area (Å²) in [6.07, 6.45) is 0.326. The van der Waals surface area contributed by atoms with Gasteiger partial charge in [-0.05, 0) is 47.5 Å². The van der Waals surface area contributed by atoms with Crippen molar-refractivity contribution >= 4 is 40.5 Å². The molecule has 1 aliphatic heterocycles. The summed E-state index contributed by atoms with van der Waals surface area (Å²) in [5, 5.41) is 24.9. The van der Waals surface area contributed by atoms with Crippen LogP contribution in [0.25, 0.3) is 11.0 Å². The summed E-state index contributed by atoms with van der Waals surface area (Å²) in [6.45, 7) is 4.99. The Kier molecular flexibility index (Phi) is 9.75. The molecule has 1 aliphatic rings. The summed E-state index contributed by atoms with van der Waals surface area (Å²) in [5.74, 6) is 0.633. The molecule has 1 saturated heterocycles. The lowest BCUT2D eigenvalue weighted by molar-refractivity contribution is -0.121. The van der Waals surface area contributed by atoms with Crippen LogP contribution in [0.1, 0.15) is 22.5 Å². The van der Waals surface area contributed by atoms with E-state index in [1.54, 1.807) is 25.2 Å². The molecular weight excluding hydrogens is 599 g/mol. The average molecular weight is 635 g/mol. The van der Waals surface area contributed by atoms with Crippen LogP contribution in [-0.2, 0) is 24.3 Å². The number of aromatic amines is 1. The minimum Gasteiger partial charge on any atom is -0.357 e. The van der Waals surface area contributed by atoms with Crippen LogP contribution in [0, 0.1) is 17.1 Å². The van der Waals surface area contributed by atoms with Crippen molar-refractivity contribution in [3.05, 3.63) is 95.1 Å². The van der Waals surface area contributed by atoms with Gasteiger partial charge in [0.25, 0.3) is 0 Å². The number of piperazine rings is 1. The van der Waals surface area contributed by atoms with Gasteiger partial charge < -0.3 is 31.6 Å². The van der Waals surface area contributed by atoms with E-state index in [9.17, 15) is 9.18 Å². The third-order valence-corrected chi connectivity index (χ3v) is 7.73. The van der Waals surface area contributed by atoms with E-state index in [2.05, 4.69) is 74.6 Å². The Labute approximate surface area is 271 Å². The number of hydrogen-bond acceptors (Lipinski definition) is 11. The largest absolute Gasteiger partial charge is 0.357 e. The first-order valence-corrected chi connectivity index (χ1v) is 15.3. The van der Waals surface area contributed by atoms with E-state index in [1.807, 2.05) is 24.3 Å². The number of nitriles is 1. The second-order valence-corrected chi connectivity index (χ2v) is 11.2. The highest BCUT2D eigenvalue weighted by Gasteiger charge is 2.20. The fraction of sp³-hybridized carbons (Fsp3) is 0.273. The molecule has 6 N–H and O–H groups in total. The van der Waals surface area contributed by atoms with E-state index in [4.69, 9.17) is 5.26 Å². The first kappa shape index (κ1) is 31.3. The van der Waals surface area contributed by atoms with Gasteiger partial charge in [0.2, 0.25) is 23.8 Å². The molecule has 0 spiro atoms. The molecule has 3 aromatic carbocycles. The van der Waals surface area contributed by atoms with Gasteiger partial charge in [0.1, 0.15) is 17.7 Å². The van der Waals surface area contributed by atoms with Crippen LogP contribution < -0.4 is 26.6 Å². The number of hydrogen-bond donors (Lipinski definition) is 6. The zero-order valence-electron chi connectivity index (χ0n) is 25.8. The summed E-state index contributed by atoms with van der Waals surface area (Å²) in [4.78, 5) is 36.7. The van der Waals surface area contributed by atoms with Crippen molar-refractivity contribution in [2.24, 2.45) is 0 Å². The first-order valence-electron chi connectivity index (χ1n) is 15.3. The van der Waals surface area contributed by atoms with Crippen LogP contribution in [0.3, 0.4) is 0 Å². The Bertz CT molecular complexity index is 1880. The summed E-state index contributed by atoms with van der Waals surface area (Å²) in [6, 6.07) is 20.9. The zero-order chi connectivity index (χ0) is 32.6. The molecule has 0 unspecified atom stereocenters. The van der Waals surface area contributed by atoms with Gasteiger partial charge in [-0.3, -0.25) is 9.69 Å². The molecule has 0 radical (unpaired) electrons. The van der Waals surface area contributed by atoms with Crippen molar-refractivity contribution in [2.45, 2.75) is 25.6 Å². The molecule has 0 aliphatic carbocycles. The topological polar surface area (TPSA) is 172 Å². The van der Waals surface area contributed by atoms with Gasteiger partial charge in [0.15, 0.2) is 0 Å². The molecule has 6 rings (SSSR count). The van der Waals surface area contributed by atoms with E-state index in [0.29, 0.717) is 28.8 Å². The van der Waals surface area contributed by atoms with Crippen LogP contribution in [0.5, 0.6) is 0 Å². The molecule has 0 bridgehead atoms. The van der Waals surface area contributed by atoms with Crippen LogP contribution >= 0.6 is 0 Å². The third-order valence-electron chi connectivity index (χ3n) is 7.73. The van der Waals surface area contributed by atoms with Gasteiger partial charge in [0.05, 0.1) is 29.2 Å². The highest BCUT2D eigenvalue weighted by molar-refractivity contribution is 5.84. The number of likely N-dealkylation sites (N-methyl/N-ethyl adjacent to an activating group) is 1. The number of H-pyrrole nitrogens is 1. The maximum absolute atomic E-state index is 13.7. The fourth-order valence-electron chi connectivity index (χ4n) is 5.35. The second-order valence-electron chi connectivity index (χ2n) is 11.2. The monoisotopic (exact) mass is 634 g/mol. The molecule has 2 aromatic heterocycles. The molecule has 1 fully saturated rings. The SMILES string of the molecule is CNC(=O)[C@H](Cc1ccc(C#N)cc1)Nc1nc(NCc2nc3cc(F)ccc3[nH]2)nc(Nc2cccc(CN3CCNCC3)c2)n1. The number of carbonyl (C=O) groups excluding carboxylic acids is 1. The number of anilines is 4. The minimum atomic E-state index is -0.719. The van der Waals surface area contributed by atoms with Gasteiger partial charge >= 0.3 is 0 Å². The van der Waals surface area contributed by atoms with Crippen molar-refractivity contribution in [3.8, 4) is 6.07 Å². The van der Waals surface area contributed by atoms with Crippen LogP contribution in [0.15, 0.2) is 66.7 Å². The smallest absolute Gasteiger partial charge is 0.242 e. The number of amides is 1. The van der Waals surface area contributed by atoms with E-state index >= 15 is 0 Å². The van der Waals surface area contributed by atoms with Gasteiger partial charge in [-0.2, -0.15) is 20.2 Å². The standard InChI is InChI=1S/C33H35FN12O/c1-36-30(47)28(16-21-5-7-22(18-35)8-6-21)42-33-44-31(38-19-29-40-26-10-9-24(34)17-27(26)41-29)43-32(45-33)39-25-4-2-3-23(15-25)20-46-13-11-37-12-14-46/h2-10,15,17,28,37H,11-14,16,19-20H2,1H3,(H,36,47)(H,40,41)(H3,38,39,42,43,44,45)/t28-/m0/s1. The predicted octanol–water partition coefficient (Wildman–Crippen LogP) is 3.29. The van der Waals surface area contributed by atoms with Crippen molar-refractivity contribution < 1.29 is 9.18 Å². The molecular formula is C33H35FN12O. The van der Waals surface area contributed by atoms with Crippen LogP contribution in [0.4, 0.5) is 27.9 Å². The molecule has 1 amide bonds. The maximum atomic E-state index is 13.7. The van der Waals surface area contributed by atoms with Gasteiger partial charge in [0, 0.05) is 57.9 Å². The Morgan fingerprint density at radius 3 is 2.55 bits per heavy atom. The second kappa shape index (κ2) is 14.6. The average Bonchev–Trinajstić information content (AvgIpc) is 3.49. The lowest BCUT2D eigenvalue weighted by Crippen LogP contribution is -2.42. The van der Waals surface area contributed by atoms with Crippen molar-refractivity contribution in [1.29, 1.82) is 5.26 Å². The van der Waals surface area contributed by atoms with E-state index in [1.165, 1.54) is 12.1 Å². The first-order chi connectivity index (χ1) is 22.9. The molecule has 5 aromatic rings. The Morgan fingerprint density at radius 1 is 0.979 bits per heavy atom. The lowest BCUT2D eigenvalue weighted by Gasteiger charge is -2.27. The van der Waals surface area contributed by atoms with Gasteiger partial charge in [-0.15, -0.1) is 0 Å². The minimum absolute atomic E-state index is 0.177. The molecule has 47 heavy (non-hydrogen) atoms. The van der Waals surface area contributed by atoms with E-state index in [0.717, 1.165) is 49.5 Å². The van der Waals surface area contributed by atoms with Crippen molar-refractivity contribution in [1.82, 2.24) is 40.5 Å². The summed E-state index contributed by atoms with van der Waals surface area (Å²) < 4.78 is 13.7. The normalized spacial score (nSPS) is 13.9. The molecule has 14 heteroatoms. The number of halogens is 1. The number of nitrogens with zero attached hydrogens (tertiary/aromatic N) is 6. The number of rotatable bonds is 12. The fourth-order valence-corrected chi connectivity index (χ4v) is 5.35. The Balaban J connectivity index is 1.25. The lowest BCUT2D eigenvalue weighted by atomic mass is 10.0. The molecule has 13 nitrogen and oxygen atoms in total. The highest BCUT2D eigenvalue weighted by atomic mass is 19.1. The number of nitrogens with one attached hydrogen (secondary N) is 6. The van der Waals surface area contributed by atoms with Crippen molar-refractivity contribution in [2.75, 3.05) is 49.2 Å². The number of imidazole rings is 1. The van der Waals surface area contributed by atoms with Crippen molar-refractivity contribution in [3.63, 3.8) is 0 Å². The summed E-state index contributed by atoms with van der Waals surface area (Å²) in [7, 11) is 1.57. The third kappa shape index (κ3) is 8.34. The van der Waals surface area contributed by atoms with E-state index in [-0.39, 0.29) is 36.1 Å². The molecule has 0 saturated carbocycles. The maximum Gasteiger partial charge on any atom is 0.242 e. The van der Waals surface area contributed by atoms with Gasteiger partial charge in [-0.1, -0.05) is 24.3 Å². The summed E-state index contributed by atoms with van der Waals surface area (Å²) in [5.41, 5.74) is 4.58. The molecule has 1 atom stereocenters. The highest BCUT2D eigenvalue weighted by Crippen LogP contribution is 2.20. The quantitative estimate of drug-likeness (QED) is 0.119. The Hall–Kier alpha value is -5.65. The molecule has 3 heterocycles. The summed E-state index contributed by atoms with van der Waals surface area (Å²) >= 11 is 0. The number of carbonyl (C=O) groups is 1. The van der Waals surface area contributed by atoms with Crippen LogP contribution in [0.2, 0.25) is 0 Å². The Morgan fingerprint density at radius 2 is 1.77 bits per heavy atom. The van der Waals surface area contributed by atoms with Gasteiger partial charge in [-0.25, -0.2) is 9.37 Å². The number of benzene rings is 3. The predicted molar refractivity (Wildman–Crippen MR) is 177 cm³/mol. The molecule has 240 valence electrons.